The highest BCUT2D eigenvalue weighted by Crippen LogP contribution is 2.28. The van der Waals surface area contributed by atoms with Crippen molar-refractivity contribution >= 4 is 15.9 Å². The molecule has 0 bridgehead atoms. The molecule has 27 heavy (non-hydrogen) atoms. The van der Waals surface area contributed by atoms with Crippen molar-refractivity contribution in [2.24, 2.45) is 5.92 Å². The monoisotopic (exact) mass is 391 g/mol. The molecule has 6 nitrogen and oxygen atoms in total. The van der Waals surface area contributed by atoms with Crippen molar-refractivity contribution in [1.29, 1.82) is 0 Å². The normalized spacial score (nSPS) is 24.5. The summed E-state index contributed by atoms with van der Waals surface area (Å²) in [7, 11) is -3.47. The van der Waals surface area contributed by atoms with Crippen LogP contribution in [0.1, 0.15) is 43.2 Å². The third kappa shape index (κ3) is 4.05. The van der Waals surface area contributed by atoms with Crippen LogP contribution in [0, 0.1) is 5.92 Å². The van der Waals surface area contributed by atoms with Gasteiger partial charge in [-0.15, -0.1) is 0 Å². The largest absolute Gasteiger partial charge is 0.352 e. The number of piperidine rings is 2. The zero-order chi connectivity index (χ0) is 18.9. The van der Waals surface area contributed by atoms with Gasteiger partial charge in [-0.25, -0.2) is 8.42 Å². The molecule has 1 atom stereocenters. The number of rotatable bonds is 4. The molecule has 2 aliphatic heterocycles. The summed E-state index contributed by atoms with van der Waals surface area (Å²) in [5, 5.41) is 6.44. The predicted octanol–water partition coefficient (Wildman–Crippen LogP) is 1.44. The Morgan fingerprint density at radius 2 is 1.85 bits per heavy atom. The lowest BCUT2D eigenvalue weighted by Gasteiger charge is -2.32. The van der Waals surface area contributed by atoms with Crippen molar-refractivity contribution in [3.8, 4) is 0 Å². The van der Waals surface area contributed by atoms with Crippen LogP contribution in [0.3, 0.4) is 0 Å². The number of carbonyl (C=O) groups excluding carboxylic acids is 1. The molecule has 0 radical (unpaired) electrons. The highest BCUT2D eigenvalue weighted by molar-refractivity contribution is 7.89. The number of amides is 1. The average molecular weight is 392 g/mol. The summed E-state index contributed by atoms with van der Waals surface area (Å²) in [6.45, 7) is 2.68. The van der Waals surface area contributed by atoms with Gasteiger partial charge >= 0.3 is 0 Å². The van der Waals surface area contributed by atoms with Gasteiger partial charge in [-0.1, -0.05) is 6.07 Å². The molecule has 7 heteroatoms. The summed E-state index contributed by atoms with van der Waals surface area (Å²) in [6, 6.07) is 5.77. The van der Waals surface area contributed by atoms with E-state index in [0.717, 1.165) is 45.2 Å². The Morgan fingerprint density at radius 3 is 2.59 bits per heavy atom. The Balaban J connectivity index is 1.36. The minimum Gasteiger partial charge on any atom is -0.352 e. The quantitative estimate of drug-likeness (QED) is 0.814. The molecule has 0 spiro atoms. The highest BCUT2D eigenvalue weighted by Gasteiger charge is 2.33. The molecule has 2 heterocycles. The Kier molecular flexibility index (Phi) is 5.53. The first-order valence-electron chi connectivity index (χ1n) is 10.2. The standard InChI is InChI=1S/C20H29N3O3S/c24-20(22-18-5-2-10-21-14-18)16-8-11-23(12-9-16)27(25,26)19-7-6-15-3-1-4-17(15)13-19/h6-7,13,16,18,21H,1-5,8-12,14H2,(H,22,24)/t18-/m0/s1. The highest BCUT2D eigenvalue weighted by atomic mass is 32.2. The molecule has 2 N–H and O–H groups in total. The van der Waals surface area contributed by atoms with Gasteiger partial charge in [0.2, 0.25) is 15.9 Å². The van der Waals surface area contributed by atoms with E-state index in [4.69, 9.17) is 0 Å². The number of nitrogens with one attached hydrogen (secondary N) is 2. The summed E-state index contributed by atoms with van der Waals surface area (Å²) in [4.78, 5) is 12.9. The van der Waals surface area contributed by atoms with E-state index in [1.807, 2.05) is 12.1 Å². The maximum atomic E-state index is 13.0. The number of fused-ring (bicyclic) bond motifs is 1. The van der Waals surface area contributed by atoms with Gasteiger partial charge in [0, 0.05) is 31.6 Å². The van der Waals surface area contributed by atoms with Crippen molar-refractivity contribution in [1.82, 2.24) is 14.9 Å². The maximum absolute atomic E-state index is 13.0. The molecule has 0 unspecified atom stereocenters. The van der Waals surface area contributed by atoms with Crippen LogP contribution in [0.25, 0.3) is 0 Å². The summed E-state index contributed by atoms with van der Waals surface area (Å²) in [5.74, 6) is -0.00308. The molecule has 2 fully saturated rings. The van der Waals surface area contributed by atoms with Gasteiger partial charge in [-0.05, 0) is 74.8 Å². The molecule has 1 aromatic rings. The van der Waals surface area contributed by atoms with Crippen LogP contribution >= 0.6 is 0 Å². The lowest BCUT2D eigenvalue weighted by molar-refractivity contribution is -0.126. The number of sulfonamides is 1. The maximum Gasteiger partial charge on any atom is 0.243 e. The molecule has 2 saturated heterocycles. The minimum absolute atomic E-state index is 0.0817. The van der Waals surface area contributed by atoms with Gasteiger partial charge in [0.25, 0.3) is 0 Å². The third-order valence-electron chi connectivity index (χ3n) is 6.18. The summed E-state index contributed by atoms with van der Waals surface area (Å²) in [6.07, 6.45) is 6.42. The number of hydrogen-bond acceptors (Lipinski definition) is 4. The van der Waals surface area contributed by atoms with Gasteiger partial charge in [0.1, 0.15) is 0 Å². The fraction of sp³-hybridized carbons (Fsp3) is 0.650. The van der Waals surface area contributed by atoms with Crippen molar-refractivity contribution < 1.29 is 13.2 Å². The van der Waals surface area contributed by atoms with E-state index < -0.39 is 10.0 Å². The van der Waals surface area contributed by atoms with Crippen LogP contribution in [-0.2, 0) is 27.7 Å². The van der Waals surface area contributed by atoms with Crippen molar-refractivity contribution in [3.05, 3.63) is 29.3 Å². The number of nitrogens with zero attached hydrogens (tertiary/aromatic N) is 1. The number of aryl methyl sites for hydroxylation is 2. The van der Waals surface area contributed by atoms with Crippen LogP contribution in [-0.4, -0.2) is 50.9 Å². The lowest BCUT2D eigenvalue weighted by atomic mass is 9.96. The van der Waals surface area contributed by atoms with Gasteiger partial charge < -0.3 is 10.6 Å². The van der Waals surface area contributed by atoms with Crippen molar-refractivity contribution in [3.63, 3.8) is 0 Å². The van der Waals surface area contributed by atoms with E-state index in [1.54, 1.807) is 10.4 Å². The van der Waals surface area contributed by atoms with Gasteiger partial charge in [-0.2, -0.15) is 4.31 Å². The van der Waals surface area contributed by atoms with Gasteiger partial charge in [0.05, 0.1) is 4.90 Å². The predicted molar refractivity (Wildman–Crippen MR) is 104 cm³/mol. The smallest absolute Gasteiger partial charge is 0.243 e. The van der Waals surface area contributed by atoms with Crippen LogP contribution in [0.5, 0.6) is 0 Å². The second-order valence-electron chi connectivity index (χ2n) is 8.01. The van der Waals surface area contributed by atoms with Crippen LogP contribution in [0.2, 0.25) is 0 Å². The van der Waals surface area contributed by atoms with E-state index >= 15 is 0 Å². The molecule has 0 aromatic heterocycles. The minimum atomic E-state index is -3.47. The van der Waals surface area contributed by atoms with E-state index in [1.165, 1.54) is 11.1 Å². The van der Waals surface area contributed by atoms with Crippen LogP contribution in [0.15, 0.2) is 23.1 Å². The summed E-state index contributed by atoms with van der Waals surface area (Å²) >= 11 is 0. The Labute approximate surface area is 161 Å². The number of hydrogen-bond donors (Lipinski definition) is 2. The van der Waals surface area contributed by atoms with Gasteiger partial charge in [-0.3, -0.25) is 4.79 Å². The molecule has 1 aliphatic carbocycles. The van der Waals surface area contributed by atoms with Gasteiger partial charge in [0.15, 0.2) is 0 Å². The Bertz CT molecular complexity index is 795. The first-order chi connectivity index (χ1) is 13.0. The average Bonchev–Trinajstić information content (AvgIpc) is 3.17. The molecule has 0 saturated carbocycles. The SMILES string of the molecule is O=C(N[C@H]1CCCNC1)C1CCN(S(=O)(=O)c2ccc3c(c2)CCC3)CC1. The zero-order valence-electron chi connectivity index (χ0n) is 15.7. The molecule has 4 rings (SSSR count). The molecule has 1 aromatic carbocycles. The fourth-order valence-corrected chi connectivity index (χ4v) is 6.03. The van der Waals surface area contributed by atoms with Crippen molar-refractivity contribution in [2.45, 2.75) is 55.9 Å². The lowest BCUT2D eigenvalue weighted by Crippen LogP contribution is -2.49. The number of benzene rings is 1. The molecule has 3 aliphatic rings. The first kappa shape index (κ1) is 18.9. The summed E-state index contributed by atoms with van der Waals surface area (Å²) < 4.78 is 27.5. The van der Waals surface area contributed by atoms with E-state index in [-0.39, 0.29) is 17.9 Å². The van der Waals surface area contributed by atoms with Crippen LogP contribution in [0.4, 0.5) is 0 Å². The third-order valence-corrected chi connectivity index (χ3v) is 8.07. The summed E-state index contributed by atoms with van der Waals surface area (Å²) in [5.41, 5.74) is 2.45. The molecular weight excluding hydrogens is 362 g/mol. The zero-order valence-corrected chi connectivity index (χ0v) is 16.6. The van der Waals surface area contributed by atoms with Crippen molar-refractivity contribution in [2.75, 3.05) is 26.2 Å². The molecular formula is C20H29N3O3S. The molecule has 1 amide bonds. The Morgan fingerprint density at radius 1 is 1.07 bits per heavy atom. The van der Waals surface area contributed by atoms with Crippen LogP contribution < -0.4 is 10.6 Å². The van der Waals surface area contributed by atoms with E-state index in [9.17, 15) is 13.2 Å². The fourth-order valence-electron chi connectivity index (χ4n) is 4.51. The second kappa shape index (κ2) is 7.89. The molecule has 148 valence electrons. The van der Waals surface area contributed by atoms with E-state index in [0.29, 0.717) is 30.8 Å². The number of carbonyl (C=O) groups is 1. The first-order valence-corrected chi connectivity index (χ1v) is 11.6. The topological polar surface area (TPSA) is 78.5 Å². The second-order valence-corrected chi connectivity index (χ2v) is 9.95. The van der Waals surface area contributed by atoms with E-state index in [2.05, 4.69) is 10.6 Å². The Hall–Kier alpha value is -1.44.